The molecule has 0 aromatic heterocycles. The Kier molecular flexibility index (Phi) is 2.44. The fourth-order valence-electron chi connectivity index (χ4n) is 1.00. The quantitative estimate of drug-likeness (QED) is 0.644. The molecule has 0 saturated carbocycles. The van der Waals surface area contributed by atoms with Gasteiger partial charge in [0, 0.05) is 5.75 Å². The molecule has 1 aliphatic rings. The first-order valence-electron chi connectivity index (χ1n) is 3.61. The van der Waals surface area contributed by atoms with Crippen LogP contribution in [0.5, 0.6) is 0 Å². The number of nitrogens with one attached hydrogen (secondary N) is 1. The monoisotopic (exact) mass is 189 g/mol. The molecule has 2 atom stereocenters. The Hall–Kier alpha value is -0.550. The van der Waals surface area contributed by atoms with Crippen LogP contribution in [0.1, 0.15) is 13.8 Å². The Morgan fingerprint density at radius 1 is 1.67 bits per heavy atom. The number of hydrogen-bond donors (Lipinski definition) is 2. The molecular formula is C7H11NO3S. The van der Waals surface area contributed by atoms with Crippen LogP contribution in [0.4, 0.5) is 0 Å². The van der Waals surface area contributed by atoms with Crippen molar-refractivity contribution in [3.05, 3.63) is 0 Å². The van der Waals surface area contributed by atoms with Gasteiger partial charge in [-0.25, -0.2) is 0 Å². The zero-order valence-corrected chi connectivity index (χ0v) is 7.77. The number of ketones is 1. The van der Waals surface area contributed by atoms with Crippen LogP contribution in [-0.4, -0.2) is 33.5 Å². The van der Waals surface area contributed by atoms with Crippen molar-refractivity contribution in [1.29, 1.82) is 0 Å². The lowest BCUT2D eigenvalue weighted by atomic mass is 10.2. The molecule has 2 N–H and O–H groups in total. The van der Waals surface area contributed by atoms with E-state index in [0.717, 1.165) is 0 Å². The average Bonchev–Trinajstić information content (AvgIpc) is 2.33. The molecule has 0 spiro atoms. The van der Waals surface area contributed by atoms with Gasteiger partial charge in [-0.1, -0.05) is 0 Å². The van der Waals surface area contributed by atoms with Gasteiger partial charge >= 0.3 is 5.97 Å². The summed E-state index contributed by atoms with van der Waals surface area (Å²) < 4.78 is 0. The minimum absolute atomic E-state index is 0.0312. The number of thioether (sulfide) groups is 1. The van der Waals surface area contributed by atoms with E-state index in [2.05, 4.69) is 5.32 Å². The maximum absolute atomic E-state index is 11.1. The predicted molar refractivity (Wildman–Crippen MR) is 46.1 cm³/mol. The maximum atomic E-state index is 11.1. The van der Waals surface area contributed by atoms with Crippen molar-refractivity contribution < 1.29 is 14.7 Å². The fraction of sp³-hybridized carbons (Fsp3) is 0.714. The maximum Gasteiger partial charge on any atom is 0.321 e. The van der Waals surface area contributed by atoms with Crippen molar-refractivity contribution in [2.75, 3.05) is 5.75 Å². The normalized spacial score (nSPS) is 35.0. The molecule has 0 aliphatic carbocycles. The molecule has 1 aliphatic heterocycles. The molecule has 5 heteroatoms. The third kappa shape index (κ3) is 1.61. The zero-order valence-electron chi connectivity index (χ0n) is 6.96. The molecule has 68 valence electrons. The van der Waals surface area contributed by atoms with Gasteiger partial charge in [0.15, 0.2) is 5.78 Å². The molecule has 4 nitrogen and oxygen atoms in total. The van der Waals surface area contributed by atoms with E-state index >= 15 is 0 Å². The molecule has 0 aromatic rings. The van der Waals surface area contributed by atoms with Crippen molar-refractivity contribution >= 4 is 23.5 Å². The third-order valence-corrected chi connectivity index (χ3v) is 3.44. The van der Waals surface area contributed by atoms with Crippen molar-refractivity contribution in [2.45, 2.75) is 24.8 Å². The Bertz CT molecular complexity index is 231. The summed E-state index contributed by atoms with van der Waals surface area (Å²) in [4.78, 5) is 20.9. The molecule has 1 saturated heterocycles. The number of carbonyl (C=O) groups excluding carboxylic acids is 1. The molecule has 1 rings (SSSR count). The summed E-state index contributed by atoms with van der Waals surface area (Å²) in [5.41, 5.74) is 0. The van der Waals surface area contributed by atoms with E-state index < -0.39 is 16.9 Å². The van der Waals surface area contributed by atoms with Crippen molar-refractivity contribution in [3.8, 4) is 0 Å². The Labute approximate surface area is 74.7 Å². The van der Waals surface area contributed by atoms with E-state index in [0.29, 0.717) is 5.75 Å². The molecule has 0 amide bonds. The molecule has 2 unspecified atom stereocenters. The molecule has 0 radical (unpaired) electrons. The largest absolute Gasteiger partial charge is 0.480 e. The van der Waals surface area contributed by atoms with Gasteiger partial charge < -0.3 is 5.11 Å². The van der Waals surface area contributed by atoms with E-state index in [4.69, 9.17) is 5.11 Å². The Morgan fingerprint density at radius 2 is 2.25 bits per heavy atom. The summed E-state index contributed by atoms with van der Waals surface area (Å²) in [6.07, 6.45) is 0. The van der Waals surface area contributed by atoms with E-state index in [1.807, 2.05) is 0 Å². The average molecular weight is 189 g/mol. The van der Waals surface area contributed by atoms with Crippen molar-refractivity contribution in [1.82, 2.24) is 5.32 Å². The van der Waals surface area contributed by atoms with Gasteiger partial charge in [0.25, 0.3) is 0 Å². The number of aliphatic carboxylic acids is 1. The molecule has 0 bridgehead atoms. The van der Waals surface area contributed by atoms with Crippen LogP contribution in [0, 0.1) is 0 Å². The lowest BCUT2D eigenvalue weighted by molar-refractivity contribution is -0.139. The zero-order chi connectivity index (χ0) is 9.35. The highest BCUT2D eigenvalue weighted by Gasteiger charge is 2.41. The van der Waals surface area contributed by atoms with Gasteiger partial charge in [0.1, 0.15) is 10.9 Å². The second-order valence-corrected chi connectivity index (χ2v) is 4.37. The Morgan fingerprint density at radius 3 is 2.50 bits per heavy atom. The summed E-state index contributed by atoms with van der Waals surface area (Å²) in [5, 5.41) is 11.4. The van der Waals surface area contributed by atoms with Crippen molar-refractivity contribution in [2.24, 2.45) is 0 Å². The number of carboxylic acids is 1. The van der Waals surface area contributed by atoms with E-state index in [-0.39, 0.29) is 5.78 Å². The number of rotatable bonds is 2. The molecule has 1 heterocycles. The first-order chi connectivity index (χ1) is 5.46. The van der Waals surface area contributed by atoms with Crippen LogP contribution in [0.25, 0.3) is 0 Å². The van der Waals surface area contributed by atoms with Gasteiger partial charge in [-0.05, 0) is 13.8 Å². The number of carboxylic acid groups (broad SMARTS) is 1. The number of hydrogen-bond acceptors (Lipinski definition) is 4. The molecular weight excluding hydrogens is 178 g/mol. The van der Waals surface area contributed by atoms with E-state index in [9.17, 15) is 9.59 Å². The second kappa shape index (κ2) is 3.06. The van der Waals surface area contributed by atoms with Crippen LogP contribution < -0.4 is 5.32 Å². The second-order valence-electron chi connectivity index (χ2n) is 2.94. The van der Waals surface area contributed by atoms with Gasteiger partial charge in [-0.2, -0.15) is 0 Å². The lowest BCUT2D eigenvalue weighted by Crippen LogP contribution is -2.47. The van der Waals surface area contributed by atoms with Gasteiger partial charge in [-0.15, -0.1) is 11.8 Å². The Balaban J connectivity index is 2.67. The number of carbonyl (C=O) groups is 2. The highest BCUT2D eigenvalue weighted by molar-refractivity contribution is 8.01. The predicted octanol–water partition coefficient (Wildman–Crippen LogP) is 0.0812. The smallest absolute Gasteiger partial charge is 0.321 e. The van der Waals surface area contributed by atoms with Crippen LogP contribution in [0.3, 0.4) is 0 Å². The first-order valence-corrected chi connectivity index (χ1v) is 4.60. The van der Waals surface area contributed by atoms with Gasteiger partial charge in [0.05, 0.1) is 0 Å². The summed E-state index contributed by atoms with van der Waals surface area (Å²) >= 11 is 1.35. The van der Waals surface area contributed by atoms with Gasteiger partial charge in [0.2, 0.25) is 0 Å². The summed E-state index contributed by atoms with van der Waals surface area (Å²) in [6.45, 7) is 3.17. The molecule has 1 fully saturated rings. The first kappa shape index (κ1) is 9.54. The number of Topliss-reactive ketones (excluding diaryl/α,β-unsaturated/α-hetero) is 1. The fourth-order valence-corrected chi connectivity index (χ4v) is 2.16. The highest BCUT2D eigenvalue weighted by atomic mass is 32.2. The van der Waals surface area contributed by atoms with Crippen LogP contribution in [-0.2, 0) is 9.59 Å². The van der Waals surface area contributed by atoms with Gasteiger partial charge in [-0.3, -0.25) is 14.9 Å². The van der Waals surface area contributed by atoms with Crippen LogP contribution >= 0.6 is 11.8 Å². The lowest BCUT2D eigenvalue weighted by Gasteiger charge is -2.19. The minimum atomic E-state index is -0.896. The summed E-state index contributed by atoms with van der Waals surface area (Å²) in [5.74, 6) is -0.477. The van der Waals surface area contributed by atoms with E-state index in [1.165, 1.54) is 18.7 Å². The third-order valence-electron chi connectivity index (χ3n) is 1.96. The topological polar surface area (TPSA) is 66.4 Å². The highest BCUT2D eigenvalue weighted by Crippen LogP contribution is 2.30. The van der Waals surface area contributed by atoms with E-state index in [1.54, 1.807) is 6.92 Å². The molecule has 0 aromatic carbocycles. The van der Waals surface area contributed by atoms with Crippen LogP contribution in [0.2, 0.25) is 0 Å². The van der Waals surface area contributed by atoms with Crippen molar-refractivity contribution in [3.63, 3.8) is 0 Å². The van der Waals surface area contributed by atoms with Crippen LogP contribution in [0.15, 0.2) is 0 Å². The molecule has 12 heavy (non-hydrogen) atoms. The summed E-state index contributed by atoms with van der Waals surface area (Å²) in [7, 11) is 0. The minimum Gasteiger partial charge on any atom is -0.480 e. The standard InChI is InChI=1S/C7H11NO3S/c1-4(9)7(2)8-5(3-12-7)6(10)11/h5,8H,3H2,1-2H3,(H,10,11). The summed E-state index contributed by atoms with van der Waals surface area (Å²) in [6, 6.07) is -0.594. The SMILES string of the molecule is CC(=O)C1(C)NC(C(=O)O)CS1.